The van der Waals surface area contributed by atoms with E-state index < -0.39 is 0 Å². The lowest BCUT2D eigenvalue weighted by molar-refractivity contribution is -0.118. The maximum Gasteiger partial charge on any atom is 0.262 e. The van der Waals surface area contributed by atoms with Crippen LogP contribution in [0.5, 0.6) is 5.75 Å². The summed E-state index contributed by atoms with van der Waals surface area (Å²) in [6.07, 6.45) is 0. The van der Waals surface area contributed by atoms with Crippen molar-refractivity contribution < 1.29 is 9.53 Å². The molecule has 1 amide bonds. The number of hydrogen-bond donors (Lipinski definition) is 1. The summed E-state index contributed by atoms with van der Waals surface area (Å²) in [7, 11) is 0. The standard InChI is InChI=1S/C19H16Cl2N2O2/c1-11-17(20)19(18(21)12(2)22-11)25-10-16(24)23-15-9-5-7-13-6-3-4-8-14(13)15/h3-9H,10H2,1-2H3,(H,23,24). The number of nitrogens with one attached hydrogen (secondary N) is 1. The normalized spacial score (nSPS) is 10.7. The van der Waals surface area contributed by atoms with Crippen LogP contribution in [0.1, 0.15) is 11.4 Å². The topological polar surface area (TPSA) is 51.2 Å². The summed E-state index contributed by atoms with van der Waals surface area (Å²) >= 11 is 12.4. The second-order valence-corrected chi connectivity index (χ2v) is 6.36. The molecular weight excluding hydrogens is 359 g/mol. The monoisotopic (exact) mass is 374 g/mol. The van der Waals surface area contributed by atoms with Gasteiger partial charge < -0.3 is 10.1 Å². The van der Waals surface area contributed by atoms with Gasteiger partial charge in [-0.05, 0) is 25.3 Å². The first kappa shape index (κ1) is 17.5. The molecule has 0 aliphatic carbocycles. The molecule has 1 N–H and O–H groups in total. The highest BCUT2D eigenvalue weighted by Gasteiger charge is 2.16. The van der Waals surface area contributed by atoms with E-state index >= 15 is 0 Å². The third kappa shape index (κ3) is 3.70. The van der Waals surface area contributed by atoms with E-state index in [1.54, 1.807) is 13.8 Å². The van der Waals surface area contributed by atoms with Crippen LogP contribution in [0.2, 0.25) is 10.0 Å². The van der Waals surface area contributed by atoms with Crippen molar-refractivity contribution in [2.45, 2.75) is 13.8 Å². The molecule has 25 heavy (non-hydrogen) atoms. The van der Waals surface area contributed by atoms with Crippen LogP contribution in [-0.2, 0) is 4.79 Å². The summed E-state index contributed by atoms with van der Waals surface area (Å²) in [6.45, 7) is 3.31. The Morgan fingerprint density at radius 2 is 1.68 bits per heavy atom. The first-order valence-corrected chi connectivity index (χ1v) is 8.45. The number of ether oxygens (including phenoxy) is 1. The van der Waals surface area contributed by atoms with Crippen LogP contribution in [0.3, 0.4) is 0 Å². The fraction of sp³-hybridized carbons (Fsp3) is 0.158. The summed E-state index contributed by atoms with van der Waals surface area (Å²) in [5, 5.41) is 5.50. The molecule has 3 aromatic rings. The maximum atomic E-state index is 12.3. The van der Waals surface area contributed by atoms with Gasteiger partial charge in [-0.25, -0.2) is 0 Å². The second kappa shape index (κ2) is 7.30. The van der Waals surface area contributed by atoms with Gasteiger partial charge in [0.1, 0.15) is 10.0 Å². The number of carbonyl (C=O) groups is 1. The predicted octanol–water partition coefficient (Wildman–Crippen LogP) is 5.18. The number of aryl methyl sites for hydroxylation is 2. The molecule has 0 bridgehead atoms. The molecule has 0 aliphatic rings. The molecule has 6 heteroatoms. The minimum Gasteiger partial charge on any atom is -0.480 e. The molecule has 1 heterocycles. The third-order valence-electron chi connectivity index (χ3n) is 3.78. The molecule has 1 aromatic heterocycles. The van der Waals surface area contributed by atoms with Gasteiger partial charge in [-0.1, -0.05) is 59.6 Å². The second-order valence-electron chi connectivity index (χ2n) is 5.60. The van der Waals surface area contributed by atoms with Crippen molar-refractivity contribution in [1.29, 1.82) is 0 Å². The lowest BCUT2D eigenvalue weighted by Crippen LogP contribution is -2.20. The van der Waals surface area contributed by atoms with Gasteiger partial charge in [0.15, 0.2) is 12.4 Å². The zero-order chi connectivity index (χ0) is 18.0. The largest absolute Gasteiger partial charge is 0.480 e. The molecule has 0 fully saturated rings. The van der Waals surface area contributed by atoms with Crippen LogP contribution in [0.4, 0.5) is 5.69 Å². The van der Waals surface area contributed by atoms with E-state index in [9.17, 15) is 4.79 Å². The van der Waals surface area contributed by atoms with Crippen molar-refractivity contribution in [3.05, 3.63) is 63.9 Å². The molecule has 128 valence electrons. The number of halogens is 2. The van der Waals surface area contributed by atoms with Gasteiger partial charge in [-0.2, -0.15) is 0 Å². The van der Waals surface area contributed by atoms with E-state index in [-0.39, 0.29) is 18.3 Å². The number of pyridine rings is 1. The van der Waals surface area contributed by atoms with E-state index in [1.165, 1.54) is 0 Å². The number of nitrogens with zero attached hydrogens (tertiary/aromatic N) is 1. The summed E-state index contributed by atoms with van der Waals surface area (Å²) in [4.78, 5) is 16.5. The van der Waals surface area contributed by atoms with E-state index in [4.69, 9.17) is 27.9 Å². The third-order valence-corrected chi connectivity index (χ3v) is 4.67. The van der Waals surface area contributed by atoms with Crippen LogP contribution < -0.4 is 10.1 Å². The number of hydrogen-bond acceptors (Lipinski definition) is 3. The Hall–Kier alpha value is -2.30. The Morgan fingerprint density at radius 3 is 2.40 bits per heavy atom. The number of amides is 1. The zero-order valence-corrected chi connectivity index (χ0v) is 15.3. The molecule has 3 rings (SSSR count). The van der Waals surface area contributed by atoms with Crippen LogP contribution in [0, 0.1) is 13.8 Å². The Bertz CT molecular complexity index is 926. The van der Waals surface area contributed by atoms with Gasteiger partial charge in [0.05, 0.1) is 11.4 Å². The van der Waals surface area contributed by atoms with Gasteiger partial charge in [-0.3, -0.25) is 9.78 Å². The minimum absolute atomic E-state index is 0.203. The smallest absolute Gasteiger partial charge is 0.262 e. The number of aromatic nitrogens is 1. The Labute approximate surface area is 155 Å². The van der Waals surface area contributed by atoms with Crippen molar-refractivity contribution in [3.8, 4) is 5.75 Å². The summed E-state index contributed by atoms with van der Waals surface area (Å²) < 4.78 is 5.56. The Kier molecular flexibility index (Phi) is 5.11. The van der Waals surface area contributed by atoms with Crippen LogP contribution in [-0.4, -0.2) is 17.5 Å². The van der Waals surface area contributed by atoms with Crippen molar-refractivity contribution in [2.75, 3.05) is 11.9 Å². The quantitative estimate of drug-likeness (QED) is 0.684. The number of anilines is 1. The molecule has 2 aromatic carbocycles. The number of fused-ring (bicyclic) bond motifs is 1. The van der Waals surface area contributed by atoms with Crippen LogP contribution in [0.15, 0.2) is 42.5 Å². The molecule has 0 saturated heterocycles. The van der Waals surface area contributed by atoms with E-state index in [0.29, 0.717) is 21.4 Å². The van der Waals surface area contributed by atoms with Gasteiger partial charge >= 0.3 is 0 Å². The summed E-state index contributed by atoms with van der Waals surface area (Å²) in [5.74, 6) is -0.0167. The first-order chi connectivity index (χ1) is 12.0. The van der Waals surface area contributed by atoms with Crippen LogP contribution >= 0.6 is 23.2 Å². The fourth-order valence-corrected chi connectivity index (χ4v) is 2.99. The highest BCUT2D eigenvalue weighted by atomic mass is 35.5. The summed E-state index contributed by atoms with van der Waals surface area (Å²) in [6, 6.07) is 13.6. The lowest BCUT2D eigenvalue weighted by atomic mass is 10.1. The summed E-state index contributed by atoms with van der Waals surface area (Å²) in [5.41, 5.74) is 1.94. The van der Waals surface area contributed by atoms with E-state index in [1.807, 2.05) is 42.5 Å². The average Bonchev–Trinajstić information content (AvgIpc) is 2.60. The molecule has 0 unspecified atom stereocenters. The molecule has 0 radical (unpaired) electrons. The SMILES string of the molecule is Cc1nc(C)c(Cl)c(OCC(=O)Nc2cccc3ccccc23)c1Cl. The van der Waals surface area contributed by atoms with Crippen molar-refractivity contribution >= 4 is 45.6 Å². The number of rotatable bonds is 4. The highest BCUT2D eigenvalue weighted by molar-refractivity contribution is 6.37. The minimum atomic E-state index is -0.296. The number of benzene rings is 2. The van der Waals surface area contributed by atoms with E-state index in [0.717, 1.165) is 16.5 Å². The van der Waals surface area contributed by atoms with Crippen molar-refractivity contribution in [3.63, 3.8) is 0 Å². The Morgan fingerprint density at radius 1 is 1.04 bits per heavy atom. The van der Waals surface area contributed by atoms with Gasteiger partial charge in [0.2, 0.25) is 0 Å². The molecular formula is C19H16Cl2N2O2. The Balaban J connectivity index is 1.76. The maximum absolute atomic E-state index is 12.3. The van der Waals surface area contributed by atoms with Gasteiger partial charge in [-0.15, -0.1) is 0 Å². The van der Waals surface area contributed by atoms with Gasteiger partial charge in [0.25, 0.3) is 5.91 Å². The molecule has 0 aliphatic heterocycles. The highest BCUT2D eigenvalue weighted by Crippen LogP contribution is 2.36. The van der Waals surface area contributed by atoms with Gasteiger partial charge in [0, 0.05) is 11.1 Å². The first-order valence-electron chi connectivity index (χ1n) is 7.70. The van der Waals surface area contributed by atoms with Crippen LogP contribution in [0.25, 0.3) is 10.8 Å². The lowest BCUT2D eigenvalue weighted by Gasteiger charge is -2.13. The molecule has 0 saturated carbocycles. The molecule has 0 atom stereocenters. The molecule has 0 spiro atoms. The fourth-order valence-electron chi connectivity index (χ4n) is 2.56. The number of carbonyl (C=O) groups excluding carboxylic acids is 1. The molecule has 4 nitrogen and oxygen atoms in total. The predicted molar refractivity (Wildman–Crippen MR) is 102 cm³/mol. The zero-order valence-electron chi connectivity index (χ0n) is 13.8. The van der Waals surface area contributed by atoms with E-state index in [2.05, 4.69) is 10.3 Å². The average molecular weight is 375 g/mol. The van der Waals surface area contributed by atoms with Crippen molar-refractivity contribution in [1.82, 2.24) is 4.98 Å². The van der Waals surface area contributed by atoms with Crippen molar-refractivity contribution in [2.24, 2.45) is 0 Å².